The monoisotopic (exact) mass is 411 g/mol. The number of nitrogens with one attached hydrogen (secondary N) is 2. The summed E-state index contributed by atoms with van der Waals surface area (Å²) in [4.78, 5) is 36.3. The zero-order chi connectivity index (χ0) is 21.3. The average molecular weight is 411 g/mol. The zero-order valence-electron chi connectivity index (χ0n) is 16.5. The molecule has 30 heavy (non-hydrogen) atoms. The second-order valence-electron chi connectivity index (χ2n) is 6.00. The Morgan fingerprint density at radius 3 is 2.57 bits per heavy atom. The number of urea groups is 1. The molecule has 0 aliphatic rings. The lowest BCUT2D eigenvalue weighted by molar-refractivity contribution is 0.0685. The molecule has 10 heteroatoms. The van der Waals surface area contributed by atoms with Gasteiger partial charge < -0.3 is 19.5 Å². The van der Waals surface area contributed by atoms with Gasteiger partial charge in [-0.15, -0.1) is 0 Å². The van der Waals surface area contributed by atoms with E-state index in [4.69, 9.17) is 14.2 Å². The quantitative estimate of drug-likeness (QED) is 0.345. The molecule has 0 radical (unpaired) electrons. The summed E-state index contributed by atoms with van der Waals surface area (Å²) in [5.74, 6) is 0.643. The Bertz CT molecular complexity index is 1030. The van der Waals surface area contributed by atoms with Crippen molar-refractivity contribution in [3.8, 4) is 17.0 Å². The fourth-order valence-corrected chi connectivity index (χ4v) is 2.47. The number of benzene rings is 1. The molecule has 0 saturated heterocycles. The molecule has 3 aromatic rings. The molecule has 1 aromatic carbocycles. The summed E-state index contributed by atoms with van der Waals surface area (Å²) in [6.07, 6.45) is 0.669. The molecule has 0 saturated carbocycles. The van der Waals surface area contributed by atoms with Crippen LogP contribution in [0.15, 0.2) is 42.6 Å². The number of methoxy groups -OCH3 is 1. The Morgan fingerprint density at radius 2 is 1.83 bits per heavy atom. The molecule has 0 bridgehead atoms. The van der Waals surface area contributed by atoms with Crippen LogP contribution in [-0.4, -0.2) is 54.0 Å². The van der Waals surface area contributed by atoms with Crippen molar-refractivity contribution in [1.29, 1.82) is 0 Å². The van der Waals surface area contributed by atoms with Gasteiger partial charge in [-0.3, -0.25) is 5.32 Å². The van der Waals surface area contributed by atoms with E-state index in [1.54, 1.807) is 30.3 Å². The fourth-order valence-electron chi connectivity index (χ4n) is 2.47. The summed E-state index contributed by atoms with van der Waals surface area (Å²) in [5, 5.41) is 5.23. The molecule has 2 heterocycles. The van der Waals surface area contributed by atoms with Crippen LogP contribution >= 0.6 is 0 Å². The second kappa shape index (κ2) is 10.1. The van der Waals surface area contributed by atoms with Gasteiger partial charge in [-0.05, 0) is 43.3 Å². The van der Waals surface area contributed by atoms with Crippen molar-refractivity contribution in [3.05, 3.63) is 42.6 Å². The molecule has 0 spiro atoms. The predicted molar refractivity (Wildman–Crippen MR) is 109 cm³/mol. The Morgan fingerprint density at radius 1 is 1.03 bits per heavy atom. The van der Waals surface area contributed by atoms with Gasteiger partial charge in [0, 0.05) is 19.2 Å². The molecule has 10 nitrogen and oxygen atoms in total. The zero-order valence-corrected chi connectivity index (χ0v) is 16.5. The molecule has 0 fully saturated rings. The third-order valence-corrected chi connectivity index (χ3v) is 3.84. The number of aromatic nitrogens is 3. The van der Waals surface area contributed by atoms with Crippen molar-refractivity contribution < 1.29 is 23.8 Å². The molecule has 2 aromatic heterocycles. The molecule has 0 unspecified atom stereocenters. The number of carbonyl (C=O) groups excluding carboxylic acids is 2. The normalized spacial score (nSPS) is 10.5. The Labute approximate surface area is 172 Å². The van der Waals surface area contributed by atoms with Gasteiger partial charge >= 0.3 is 12.2 Å². The molecule has 2 N–H and O–H groups in total. The Kier molecular flexibility index (Phi) is 7.06. The molecular weight excluding hydrogens is 390 g/mol. The minimum absolute atomic E-state index is 0.117. The first-order valence-corrected chi connectivity index (χ1v) is 9.21. The van der Waals surface area contributed by atoms with E-state index >= 15 is 0 Å². The van der Waals surface area contributed by atoms with E-state index in [0.29, 0.717) is 41.6 Å². The van der Waals surface area contributed by atoms with Crippen LogP contribution in [-0.2, 0) is 9.47 Å². The van der Waals surface area contributed by atoms with Crippen molar-refractivity contribution in [2.75, 3.05) is 32.2 Å². The van der Waals surface area contributed by atoms with Gasteiger partial charge in [0.05, 0.1) is 18.5 Å². The van der Waals surface area contributed by atoms with Crippen molar-refractivity contribution in [2.45, 2.75) is 6.92 Å². The predicted octanol–water partition coefficient (Wildman–Crippen LogP) is 3.00. The van der Waals surface area contributed by atoms with Crippen LogP contribution in [0.2, 0.25) is 0 Å². The fraction of sp³-hybridized carbons (Fsp3) is 0.250. The summed E-state index contributed by atoms with van der Waals surface area (Å²) in [6, 6.07) is 10.0. The molecule has 0 atom stereocenters. The maximum absolute atomic E-state index is 11.7. The van der Waals surface area contributed by atoms with Crippen LogP contribution in [0.5, 0.6) is 5.75 Å². The minimum Gasteiger partial charge on any atom is -0.432 e. The first-order chi connectivity index (χ1) is 14.6. The third-order valence-electron chi connectivity index (χ3n) is 3.84. The highest BCUT2D eigenvalue weighted by Gasteiger charge is 2.09. The van der Waals surface area contributed by atoms with Gasteiger partial charge in [0.15, 0.2) is 11.5 Å². The van der Waals surface area contributed by atoms with E-state index < -0.39 is 6.16 Å². The highest BCUT2D eigenvalue weighted by Crippen LogP contribution is 2.23. The number of hydrogen-bond donors (Lipinski definition) is 2. The number of carbonyl (C=O) groups is 2. The second-order valence-corrected chi connectivity index (χ2v) is 6.00. The summed E-state index contributed by atoms with van der Waals surface area (Å²) in [6.45, 7) is 2.73. The van der Waals surface area contributed by atoms with Crippen LogP contribution < -0.4 is 15.4 Å². The van der Waals surface area contributed by atoms with Crippen LogP contribution in [0, 0.1) is 0 Å². The first kappa shape index (κ1) is 20.9. The molecule has 156 valence electrons. The van der Waals surface area contributed by atoms with Crippen molar-refractivity contribution in [3.63, 3.8) is 0 Å². The highest BCUT2D eigenvalue weighted by atomic mass is 16.7. The maximum Gasteiger partial charge on any atom is 0.513 e. The van der Waals surface area contributed by atoms with Gasteiger partial charge in [0.2, 0.25) is 0 Å². The summed E-state index contributed by atoms with van der Waals surface area (Å²) in [7, 11) is 1.51. The number of ether oxygens (including phenoxy) is 3. The number of fused-ring (bicyclic) bond motifs is 1. The summed E-state index contributed by atoms with van der Waals surface area (Å²) < 4.78 is 14.7. The van der Waals surface area contributed by atoms with E-state index in [1.807, 2.05) is 13.0 Å². The highest BCUT2D eigenvalue weighted by molar-refractivity contribution is 5.89. The van der Waals surface area contributed by atoms with Crippen molar-refractivity contribution in [2.24, 2.45) is 0 Å². The topological polar surface area (TPSA) is 125 Å². The number of rotatable bonds is 7. The maximum atomic E-state index is 11.7. The van der Waals surface area contributed by atoms with Crippen molar-refractivity contribution >= 4 is 29.2 Å². The first-order valence-electron chi connectivity index (χ1n) is 9.21. The number of amides is 2. The smallest absolute Gasteiger partial charge is 0.432 e. The van der Waals surface area contributed by atoms with Gasteiger partial charge in [0.1, 0.15) is 17.9 Å². The van der Waals surface area contributed by atoms with Gasteiger partial charge in [-0.25, -0.2) is 24.5 Å². The molecule has 0 aliphatic heterocycles. The molecular formula is C20H21N5O5. The van der Waals surface area contributed by atoms with E-state index in [0.717, 1.165) is 5.56 Å². The number of nitrogens with zero attached hydrogens (tertiary/aromatic N) is 3. The van der Waals surface area contributed by atoms with Gasteiger partial charge in [-0.2, -0.15) is 0 Å². The number of hydrogen-bond acceptors (Lipinski definition) is 8. The van der Waals surface area contributed by atoms with Crippen LogP contribution in [0.3, 0.4) is 0 Å². The summed E-state index contributed by atoms with van der Waals surface area (Å²) in [5.41, 5.74) is 2.44. The lowest BCUT2D eigenvalue weighted by Crippen LogP contribution is -2.28. The lowest BCUT2D eigenvalue weighted by Gasteiger charge is -2.08. The van der Waals surface area contributed by atoms with Crippen LogP contribution in [0.4, 0.5) is 15.4 Å². The average Bonchev–Trinajstić information content (AvgIpc) is 2.74. The standard InChI is InChI=1S/C20H21N5O5/c1-3-21-19(26)25-17-12-22-16-9-8-15(23-18(16)24-17)13-4-6-14(7-5-13)30-20(27)29-11-10-28-2/h4-9,12H,3,10-11H2,1-2H3,(H2,21,23,24,25,26). The molecule has 3 rings (SSSR count). The molecule has 0 aliphatic carbocycles. The lowest BCUT2D eigenvalue weighted by atomic mass is 10.1. The van der Waals surface area contributed by atoms with E-state index in [1.165, 1.54) is 13.3 Å². The summed E-state index contributed by atoms with van der Waals surface area (Å²) >= 11 is 0. The van der Waals surface area contributed by atoms with E-state index in [-0.39, 0.29) is 12.6 Å². The number of pyridine rings is 1. The SMILES string of the molecule is CCNC(=O)Nc1cnc2ccc(-c3ccc(OC(=O)OCCOC)cc3)nc2n1. The van der Waals surface area contributed by atoms with E-state index in [9.17, 15) is 9.59 Å². The van der Waals surface area contributed by atoms with Gasteiger partial charge in [-0.1, -0.05) is 0 Å². The van der Waals surface area contributed by atoms with Gasteiger partial charge in [0.25, 0.3) is 0 Å². The van der Waals surface area contributed by atoms with Crippen LogP contribution in [0.1, 0.15) is 6.92 Å². The van der Waals surface area contributed by atoms with E-state index in [2.05, 4.69) is 25.6 Å². The van der Waals surface area contributed by atoms with Crippen LogP contribution in [0.25, 0.3) is 22.4 Å². The third kappa shape index (κ3) is 5.61. The molecule has 2 amide bonds. The minimum atomic E-state index is -0.800. The van der Waals surface area contributed by atoms with Crippen molar-refractivity contribution in [1.82, 2.24) is 20.3 Å². The largest absolute Gasteiger partial charge is 0.513 e. The number of anilines is 1. The Balaban J connectivity index is 1.72. The Hall–Kier alpha value is -3.79.